The molecule has 19 heavy (non-hydrogen) atoms. The molecule has 0 bridgehead atoms. The minimum absolute atomic E-state index is 0.615. The van der Waals surface area contributed by atoms with E-state index in [1.165, 1.54) is 0 Å². The van der Waals surface area contributed by atoms with Gasteiger partial charge in [-0.05, 0) is 19.3 Å². The van der Waals surface area contributed by atoms with Crippen molar-refractivity contribution in [2.75, 3.05) is 11.9 Å². The van der Waals surface area contributed by atoms with Crippen LogP contribution in [-0.4, -0.2) is 31.1 Å². The lowest BCUT2D eigenvalue weighted by Crippen LogP contribution is -2.13. The fraction of sp³-hybridized carbons (Fsp3) is 0.615. The van der Waals surface area contributed by atoms with Crippen molar-refractivity contribution < 1.29 is 0 Å². The average Bonchev–Trinajstić information content (AvgIpc) is 2.94. The van der Waals surface area contributed by atoms with Crippen molar-refractivity contribution >= 4 is 5.95 Å². The lowest BCUT2D eigenvalue weighted by molar-refractivity contribution is 0.524. The van der Waals surface area contributed by atoms with Crippen molar-refractivity contribution in [2.45, 2.75) is 40.3 Å². The summed E-state index contributed by atoms with van der Waals surface area (Å²) in [6.45, 7) is 9.20. The van der Waals surface area contributed by atoms with Crippen LogP contribution in [0.25, 0.3) is 0 Å². The molecule has 6 heteroatoms. The molecular formula is C13H22N6. The first-order valence-corrected chi connectivity index (χ1v) is 6.77. The van der Waals surface area contributed by atoms with E-state index < -0.39 is 0 Å². The van der Waals surface area contributed by atoms with Crippen LogP contribution in [0.1, 0.15) is 26.0 Å². The number of hydrogen-bond donors (Lipinski definition) is 1. The molecule has 0 atom stereocenters. The third kappa shape index (κ3) is 4.08. The number of aromatic nitrogens is 5. The Bertz CT molecular complexity index is 485. The van der Waals surface area contributed by atoms with Crippen LogP contribution in [0.2, 0.25) is 0 Å². The zero-order chi connectivity index (χ0) is 13.7. The standard InChI is InChI=1S/C13H22N6/c1-11(2)9-18-10-12(3)16-13(18)14-5-4-7-19-8-6-15-17-19/h6,8,10-11H,4-5,7,9H2,1-3H3,(H,14,16). The molecule has 1 N–H and O–H groups in total. The maximum absolute atomic E-state index is 4.52. The van der Waals surface area contributed by atoms with Gasteiger partial charge in [-0.25, -0.2) is 4.98 Å². The molecule has 0 saturated carbocycles. The molecule has 0 aliphatic heterocycles. The molecule has 0 spiro atoms. The number of hydrogen-bond acceptors (Lipinski definition) is 4. The van der Waals surface area contributed by atoms with E-state index in [0.717, 1.165) is 37.7 Å². The summed E-state index contributed by atoms with van der Waals surface area (Å²) in [5.41, 5.74) is 1.06. The van der Waals surface area contributed by atoms with Gasteiger partial charge in [-0.3, -0.25) is 4.68 Å². The molecule has 0 radical (unpaired) electrons. The Hall–Kier alpha value is -1.85. The number of nitrogens with one attached hydrogen (secondary N) is 1. The third-order valence-corrected chi connectivity index (χ3v) is 2.78. The molecule has 2 aromatic heterocycles. The highest BCUT2D eigenvalue weighted by Crippen LogP contribution is 2.11. The molecule has 0 amide bonds. The summed E-state index contributed by atoms with van der Waals surface area (Å²) >= 11 is 0. The molecule has 2 heterocycles. The zero-order valence-electron chi connectivity index (χ0n) is 11.9. The minimum Gasteiger partial charge on any atom is -0.356 e. The Morgan fingerprint density at radius 1 is 1.37 bits per heavy atom. The van der Waals surface area contributed by atoms with Gasteiger partial charge in [-0.1, -0.05) is 19.1 Å². The highest BCUT2D eigenvalue weighted by atomic mass is 15.4. The fourth-order valence-electron chi connectivity index (χ4n) is 2.01. The molecule has 6 nitrogen and oxygen atoms in total. The van der Waals surface area contributed by atoms with E-state index in [1.807, 2.05) is 17.8 Å². The molecule has 0 fully saturated rings. The van der Waals surface area contributed by atoms with Crippen LogP contribution >= 0.6 is 0 Å². The SMILES string of the molecule is Cc1cn(CC(C)C)c(NCCCn2ccnn2)n1. The summed E-state index contributed by atoms with van der Waals surface area (Å²) in [6, 6.07) is 0. The van der Waals surface area contributed by atoms with E-state index in [9.17, 15) is 0 Å². The minimum atomic E-state index is 0.615. The topological polar surface area (TPSA) is 60.6 Å². The van der Waals surface area contributed by atoms with Gasteiger partial charge in [0.15, 0.2) is 0 Å². The van der Waals surface area contributed by atoms with Gasteiger partial charge in [0.05, 0.1) is 11.9 Å². The first-order chi connectivity index (χ1) is 9.15. The van der Waals surface area contributed by atoms with E-state index in [2.05, 4.69) is 45.2 Å². The van der Waals surface area contributed by atoms with Gasteiger partial charge < -0.3 is 9.88 Å². The van der Waals surface area contributed by atoms with Crippen LogP contribution in [0.3, 0.4) is 0 Å². The summed E-state index contributed by atoms with van der Waals surface area (Å²) in [6.07, 6.45) is 6.67. The monoisotopic (exact) mass is 262 g/mol. The predicted octanol–water partition coefficient (Wildman–Crippen LogP) is 1.94. The van der Waals surface area contributed by atoms with Crippen molar-refractivity contribution in [3.63, 3.8) is 0 Å². The van der Waals surface area contributed by atoms with Crippen LogP contribution in [0.4, 0.5) is 5.95 Å². The Morgan fingerprint density at radius 3 is 2.89 bits per heavy atom. The molecule has 0 unspecified atom stereocenters. The van der Waals surface area contributed by atoms with Gasteiger partial charge in [-0.2, -0.15) is 0 Å². The van der Waals surface area contributed by atoms with Crippen LogP contribution < -0.4 is 5.32 Å². The summed E-state index contributed by atoms with van der Waals surface area (Å²) in [7, 11) is 0. The smallest absolute Gasteiger partial charge is 0.203 e. The number of anilines is 1. The van der Waals surface area contributed by atoms with E-state index in [-0.39, 0.29) is 0 Å². The molecule has 2 rings (SSSR count). The summed E-state index contributed by atoms with van der Waals surface area (Å²) in [5.74, 6) is 1.58. The highest BCUT2D eigenvalue weighted by molar-refractivity contribution is 5.28. The molecule has 0 aliphatic rings. The molecule has 104 valence electrons. The van der Waals surface area contributed by atoms with Gasteiger partial charge >= 0.3 is 0 Å². The second-order valence-corrected chi connectivity index (χ2v) is 5.20. The van der Waals surface area contributed by atoms with Gasteiger partial charge in [0, 0.05) is 32.0 Å². The third-order valence-electron chi connectivity index (χ3n) is 2.78. The normalized spacial score (nSPS) is 11.2. The molecule has 2 aromatic rings. The molecule has 0 saturated heterocycles. The molecule has 0 aromatic carbocycles. The lowest BCUT2D eigenvalue weighted by atomic mass is 10.2. The Labute approximate surface area is 113 Å². The molecular weight excluding hydrogens is 240 g/mol. The van der Waals surface area contributed by atoms with Crippen LogP contribution in [-0.2, 0) is 13.1 Å². The lowest BCUT2D eigenvalue weighted by Gasteiger charge is -2.11. The number of rotatable bonds is 7. The van der Waals surface area contributed by atoms with Crippen molar-refractivity contribution in [1.29, 1.82) is 0 Å². The van der Waals surface area contributed by atoms with E-state index in [1.54, 1.807) is 6.20 Å². The first-order valence-electron chi connectivity index (χ1n) is 6.77. The van der Waals surface area contributed by atoms with Crippen molar-refractivity contribution in [2.24, 2.45) is 5.92 Å². The van der Waals surface area contributed by atoms with Crippen LogP contribution in [0, 0.1) is 12.8 Å². The van der Waals surface area contributed by atoms with Gasteiger partial charge in [-0.15, -0.1) is 5.10 Å². The van der Waals surface area contributed by atoms with E-state index >= 15 is 0 Å². The second-order valence-electron chi connectivity index (χ2n) is 5.20. The van der Waals surface area contributed by atoms with Crippen LogP contribution in [0.5, 0.6) is 0 Å². The van der Waals surface area contributed by atoms with Crippen molar-refractivity contribution in [3.05, 3.63) is 24.3 Å². The van der Waals surface area contributed by atoms with Crippen LogP contribution in [0.15, 0.2) is 18.6 Å². The predicted molar refractivity (Wildman–Crippen MR) is 74.9 cm³/mol. The second kappa shape index (κ2) is 6.36. The van der Waals surface area contributed by atoms with E-state index in [4.69, 9.17) is 0 Å². The average molecular weight is 262 g/mol. The maximum Gasteiger partial charge on any atom is 0.203 e. The van der Waals surface area contributed by atoms with Crippen molar-refractivity contribution in [3.8, 4) is 0 Å². The Morgan fingerprint density at radius 2 is 2.21 bits per heavy atom. The van der Waals surface area contributed by atoms with Gasteiger partial charge in [0.2, 0.25) is 5.95 Å². The van der Waals surface area contributed by atoms with Gasteiger partial charge in [0.1, 0.15) is 0 Å². The quantitative estimate of drug-likeness (QED) is 0.775. The summed E-state index contributed by atoms with van der Waals surface area (Å²) in [4.78, 5) is 4.52. The van der Waals surface area contributed by atoms with Gasteiger partial charge in [0.25, 0.3) is 0 Å². The number of imidazole rings is 1. The Kier molecular flexibility index (Phi) is 4.54. The fourth-order valence-corrected chi connectivity index (χ4v) is 2.01. The molecule has 0 aliphatic carbocycles. The number of aryl methyl sites for hydroxylation is 2. The first kappa shape index (κ1) is 13.6. The highest BCUT2D eigenvalue weighted by Gasteiger charge is 2.06. The largest absolute Gasteiger partial charge is 0.356 e. The maximum atomic E-state index is 4.52. The summed E-state index contributed by atoms with van der Waals surface area (Å²) < 4.78 is 4.03. The Balaban J connectivity index is 1.81. The number of nitrogens with zero attached hydrogens (tertiary/aromatic N) is 5. The van der Waals surface area contributed by atoms with Crippen molar-refractivity contribution in [1.82, 2.24) is 24.5 Å². The van der Waals surface area contributed by atoms with E-state index in [0.29, 0.717) is 5.92 Å². The summed E-state index contributed by atoms with van der Waals surface area (Å²) in [5, 5.41) is 11.1. The zero-order valence-corrected chi connectivity index (χ0v) is 11.9.